The van der Waals surface area contributed by atoms with E-state index in [1.54, 1.807) is 20.3 Å². The summed E-state index contributed by atoms with van der Waals surface area (Å²) in [6.45, 7) is 0.553. The van der Waals surface area contributed by atoms with Crippen molar-refractivity contribution in [2.75, 3.05) is 20.8 Å². The number of benzene rings is 2. The summed E-state index contributed by atoms with van der Waals surface area (Å²) in [5.41, 5.74) is 8.19. The van der Waals surface area contributed by atoms with Gasteiger partial charge in [-0.25, -0.2) is 0 Å². The summed E-state index contributed by atoms with van der Waals surface area (Å²) in [7, 11) is 3.18. The summed E-state index contributed by atoms with van der Waals surface area (Å²) in [5, 5.41) is 9.03. The number of nitrogens with two attached hydrogens (primary N) is 1. The maximum atomic E-state index is 9.03. The minimum Gasteiger partial charge on any atom is -0.493 e. The van der Waals surface area contributed by atoms with Crippen LogP contribution in [0.25, 0.3) is 0 Å². The van der Waals surface area contributed by atoms with Crippen LogP contribution < -0.4 is 19.9 Å². The van der Waals surface area contributed by atoms with Gasteiger partial charge in [-0.1, -0.05) is 30.3 Å². The van der Waals surface area contributed by atoms with Gasteiger partial charge in [-0.2, -0.15) is 0 Å². The van der Waals surface area contributed by atoms with Crippen molar-refractivity contribution in [1.82, 2.24) is 0 Å². The van der Waals surface area contributed by atoms with E-state index in [2.05, 4.69) is 0 Å². The smallest absolute Gasteiger partial charge is 0.164 e. The molecule has 6 heteroatoms. The van der Waals surface area contributed by atoms with Gasteiger partial charge in [-0.3, -0.25) is 0 Å². The number of aliphatic hydroxyl groups is 1. The predicted molar refractivity (Wildman–Crippen MR) is 101 cm³/mol. The zero-order valence-electron chi connectivity index (χ0n) is 14.6. The lowest BCUT2D eigenvalue weighted by Crippen LogP contribution is -2.13. The van der Waals surface area contributed by atoms with E-state index >= 15 is 0 Å². The van der Waals surface area contributed by atoms with Crippen LogP contribution in [-0.4, -0.2) is 25.9 Å². The maximum absolute atomic E-state index is 9.03. The minimum absolute atomic E-state index is 0. The van der Waals surface area contributed by atoms with Crippen LogP contribution in [-0.2, 0) is 6.61 Å². The predicted octanol–water partition coefficient (Wildman–Crippen LogP) is 3.48. The highest BCUT2D eigenvalue weighted by Crippen LogP contribution is 2.38. The Morgan fingerprint density at radius 2 is 1.64 bits per heavy atom. The van der Waals surface area contributed by atoms with Crippen LogP contribution in [0, 0.1) is 0 Å². The van der Waals surface area contributed by atoms with Gasteiger partial charge in [0.15, 0.2) is 11.5 Å². The molecule has 0 fully saturated rings. The van der Waals surface area contributed by atoms with E-state index in [1.807, 2.05) is 36.4 Å². The van der Waals surface area contributed by atoms with Crippen LogP contribution in [0.4, 0.5) is 0 Å². The van der Waals surface area contributed by atoms with E-state index in [0.717, 1.165) is 11.1 Å². The van der Waals surface area contributed by atoms with Crippen LogP contribution in [0.1, 0.15) is 30.0 Å². The van der Waals surface area contributed by atoms with Crippen molar-refractivity contribution in [1.29, 1.82) is 0 Å². The van der Waals surface area contributed by atoms with Crippen LogP contribution in [0.5, 0.6) is 17.2 Å². The average Bonchev–Trinajstić information content (AvgIpc) is 2.64. The molecule has 1 atom stereocenters. The number of hydrogen-bond donors (Lipinski definition) is 2. The molecule has 0 aliphatic heterocycles. The molecule has 2 rings (SSSR count). The second kappa shape index (κ2) is 10.8. The molecule has 2 aromatic rings. The third kappa shape index (κ3) is 5.81. The van der Waals surface area contributed by atoms with E-state index in [-0.39, 0.29) is 25.1 Å². The molecule has 3 N–H and O–H groups in total. The third-order valence-corrected chi connectivity index (χ3v) is 3.83. The van der Waals surface area contributed by atoms with E-state index < -0.39 is 0 Å². The minimum atomic E-state index is -0.247. The largest absolute Gasteiger partial charge is 0.493 e. The molecule has 0 heterocycles. The zero-order chi connectivity index (χ0) is 17.4. The molecule has 0 saturated carbocycles. The molecule has 25 heavy (non-hydrogen) atoms. The second-order valence-corrected chi connectivity index (χ2v) is 5.49. The number of methoxy groups -OCH3 is 2. The van der Waals surface area contributed by atoms with Crippen LogP contribution >= 0.6 is 12.4 Å². The van der Waals surface area contributed by atoms with Crippen LogP contribution in [0.15, 0.2) is 42.5 Å². The first-order chi connectivity index (χ1) is 11.7. The molecule has 5 nitrogen and oxygen atoms in total. The van der Waals surface area contributed by atoms with Gasteiger partial charge >= 0.3 is 0 Å². The molecule has 0 aliphatic rings. The Morgan fingerprint density at radius 3 is 2.24 bits per heavy atom. The molecule has 0 spiro atoms. The Balaban J connectivity index is 0.00000312. The molecule has 0 unspecified atom stereocenters. The first-order valence-corrected chi connectivity index (χ1v) is 7.98. The summed E-state index contributed by atoms with van der Waals surface area (Å²) in [6.07, 6.45) is 1.29. The van der Waals surface area contributed by atoms with Crippen molar-refractivity contribution < 1.29 is 19.3 Å². The molecular weight excluding hydrogens is 342 g/mol. The van der Waals surface area contributed by atoms with Crippen LogP contribution in [0.3, 0.4) is 0 Å². The summed E-state index contributed by atoms with van der Waals surface area (Å²) in [4.78, 5) is 0. The van der Waals surface area contributed by atoms with Gasteiger partial charge < -0.3 is 25.1 Å². The second-order valence-electron chi connectivity index (χ2n) is 5.49. The molecule has 0 aliphatic carbocycles. The lowest BCUT2D eigenvalue weighted by Gasteiger charge is -2.20. The van der Waals surface area contributed by atoms with Gasteiger partial charge in [0, 0.05) is 24.3 Å². The topological polar surface area (TPSA) is 73.9 Å². The molecule has 0 saturated heterocycles. The first-order valence-electron chi connectivity index (χ1n) is 7.98. The molecule has 0 amide bonds. The summed E-state index contributed by atoms with van der Waals surface area (Å²) >= 11 is 0. The van der Waals surface area contributed by atoms with Gasteiger partial charge in [-0.05, 0) is 24.5 Å². The first kappa shape index (κ1) is 21.1. The standard InChI is InChI=1S/C19H25NO4.ClH/c1-22-18-11-15(16(20)9-6-10-21)17(12-19(18)23-2)24-13-14-7-4-3-5-8-14;/h3-5,7-8,11-12,16,21H,6,9-10,13,20H2,1-2H3;1H/t16-;/m1./s1. The quantitative estimate of drug-likeness (QED) is 0.709. The number of rotatable bonds is 9. The molecule has 0 bridgehead atoms. The van der Waals surface area contributed by atoms with Crippen molar-refractivity contribution >= 4 is 12.4 Å². The summed E-state index contributed by atoms with van der Waals surface area (Å²) in [5.74, 6) is 1.87. The Kier molecular flexibility index (Phi) is 9.13. The highest BCUT2D eigenvalue weighted by atomic mass is 35.5. The highest BCUT2D eigenvalue weighted by molar-refractivity contribution is 5.85. The van der Waals surface area contributed by atoms with Crippen LogP contribution in [0.2, 0.25) is 0 Å². The SMILES string of the molecule is COc1cc(OCc2ccccc2)c([C@H](N)CCCO)cc1OC.Cl. The van der Waals surface area contributed by atoms with Gasteiger partial charge in [0.1, 0.15) is 12.4 Å². The number of aliphatic hydroxyl groups excluding tert-OH is 1. The van der Waals surface area contributed by atoms with Crippen molar-refractivity contribution in [2.45, 2.75) is 25.5 Å². The van der Waals surface area contributed by atoms with Gasteiger partial charge in [0.25, 0.3) is 0 Å². The fourth-order valence-corrected chi connectivity index (χ4v) is 2.49. The van der Waals surface area contributed by atoms with E-state index in [1.165, 1.54) is 0 Å². The summed E-state index contributed by atoms with van der Waals surface area (Å²) < 4.78 is 16.7. The van der Waals surface area contributed by atoms with Gasteiger partial charge in [-0.15, -0.1) is 12.4 Å². The third-order valence-electron chi connectivity index (χ3n) is 3.83. The number of hydrogen-bond acceptors (Lipinski definition) is 5. The van der Waals surface area contributed by atoms with Gasteiger partial charge in [0.05, 0.1) is 14.2 Å². The van der Waals surface area contributed by atoms with Crippen molar-refractivity contribution in [3.05, 3.63) is 53.6 Å². The van der Waals surface area contributed by atoms with Crippen molar-refractivity contribution in [3.8, 4) is 17.2 Å². The molecule has 0 radical (unpaired) electrons. The molecular formula is C19H26ClNO4. The molecule has 138 valence electrons. The summed E-state index contributed by atoms with van der Waals surface area (Å²) in [6, 6.07) is 13.3. The fourth-order valence-electron chi connectivity index (χ4n) is 2.49. The highest BCUT2D eigenvalue weighted by Gasteiger charge is 2.17. The number of ether oxygens (including phenoxy) is 3. The van der Waals surface area contributed by atoms with E-state index in [9.17, 15) is 0 Å². The lowest BCUT2D eigenvalue weighted by molar-refractivity contribution is 0.275. The Labute approximate surface area is 155 Å². The van der Waals surface area contributed by atoms with E-state index in [4.69, 9.17) is 25.1 Å². The normalized spacial score (nSPS) is 11.4. The fraction of sp³-hybridized carbons (Fsp3) is 0.368. The Hall–Kier alpha value is -1.95. The van der Waals surface area contributed by atoms with Crippen molar-refractivity contribution in [3.63, 3.8) is 0 Å². The zero-order valence-corrected chi connectivity index (χ0v) is 15.4. The monoisotopic (exact) mass is 367 g/mol. The maximum Gasteiger partial charge on any atom is 0.164 e. The Bertz CT molecular complexity index is 637. The molecule has 2 aromatic carbocycles. The lowest BCUT2D eigenvalue weighted by atomic mass is 10.0. The van der Waals surface area contributed by atoms with Crippen molar-refractivity contribution in [2.24, 2.45) is 5.73 Å². The van der Waals surface area contributed by atoms with Gasteiger partial charge in [0.2, 0.25) is 0 Å². The average molecular weight is 368 g/mol. The molecule has 0 aromatic heterocycles. The Morgan fingerprint density at radius 1 is 1.00 bits per heavy atom. The number of halogens is 1. The van der Waals surface area contributed by atoms with E-state index in [0.29, 0.717) is 36.7 Å².